The number of rotatable bonds is 13. The number of nitrogens with two attached hydrogens (primary N) is 2. The van der Waals surface area contributed by atoms with Crippen molar-refractivity contribution in [2.75, 3.05) is 24.6 Å². The van der Waals surface area contributed by atoms with E-state index in [1.165, 1.54) is 0 Å². The Morgan fingerprint density at radius 1 is 0.682 bits per heavy atom. The van der Waals surface area contributed by atoms with Gasteiger partial charge >= 0.3 is 0 Å². The van der Waals surface area contributed by atoms with Crippen LogP contribution in [0.25, 0.3) is 0 Å². The van der Waals surface area contributed by atoms with E-state index in [0.29, 0.717) is 13.1 Å². The third-order valence-corrected chi connectivity index (χ3v) is 4.70. The molecule has 0 spiro atoms. The second-order valence-corrected chi connectivity index (χ2v) is 6.98. The summed E-state index contributed by atoms with van der Waals surface area (Å²) in [4.78, 5) is 43.5. The van der Waals surface area contributed by atoms with Crippen molar-refractivity contribution in [3.8, 4) is 0 Å². The number of amides is 4. The second-order valence-electron chi connectivity index (χ2n) is 4.28. The molecule has 8 nitrogen and oxygen atoms in total. The van der Waals surface area contributed by atoms with Crippen LogP contribution < -0.4 is 22.1 Å². The zero-order valence-electron chi connectivity index (χ0n) is 12.3. The maximum Gasteiger partial charge on any atom is 0.220 e. The van der Waals surface area contributed by atoms with Gasteiger partial charge in [-0.15, -0.1) is 0 Å². The van der Waals surface area contributed by atoms with Crippen LogP contribution in [0, 0.1) is 0 Å². The van der Waals surface area contributed by atoms with Crippen LogP contribution in [0.3, 0.4) is 0 Å². The van der Waals surface area contributed by atoms with E-state index in [2.05, 4.69) is 10.6 Å². The van der Waals surface area contributed by atoms with Crippen molar-refractivity contribution >= 4 is 45.2 Å². The van der Waals surface area contributed by atoms with Crippen molar-refractivity contribution in [3.63, 3.8) is 0 Å². The lowest BCUT2D eigenvalue weighted by molar-refractivity contribution is -0.125. The molecule has 0 bridgehead atoms. The Bertz CT molecular complexity index is 357. The summed E-state index contributed by atoms with van der Waals surface area (Å²) >= 11 is 0. The highest BCUT2D eigenvalue weighted by Gasteiger charge is 2.04. The molecule has 0 aliphatic heterocycles. The number of carbonyl (C=O) groups excluding carboxylic acids is 4. The van der Waals surface area contributed by atoms with E-state index < -0.39 is 11.8 Å². The molecular weight excluding hydrogens is 328 g/mol. The van der Waals surface area contributed by atoms with Crippen LogP contribution in [0.1, 0.15) is 25.7 Å². The van der Waals surface area contributed by atoms with Gasteiger partial charge in [0.05, 0.1) is 0 Å². The minimum absolute atomic E-state index is 0.0587. The highest BCUT2D eigenvalue weighted by atomic mass is 33.1. The molecule has 0 fully saturated rings. The molecule has 0 aromatic heterocycles. The summed E-state index contributed by atoms with van der Waals surface area (Å²) in [6.07, 6.45) is 0.349. The van der Waals surface area contributed by atoms with Crippen LogP contribution in [0.2, 0.25) is 0 Å². The highest BCUT2D eigenvalue weighted by molar-refractivity contribution is 8.76. The van der Waals surface area contributed by atoms with Crippen molar-refractivity contribution in [3.05, 3.63) is 0 Å². The quantitative estimate of drug-likeness (QED) is 0.251. The van der Waals surface area contributed by atoms with Gasteiger partial charge < -0.3 is 22.1 Å². The van der Waals surface area contributed by atoms with Gasteiger partial charge in [0.2, 0.25) is 23.6 Å². The van der Waals surface area contributed by atoms with Crippen LogP contribution in [0.15, 0.2) is 0 Å². The third kappa shape index (κ3) is 15.0. The fourth-order valence-corrected chi connectivity index (χ4v) is 3.05. The molecule has 0 radical (unpaired) electrons. The van der Waals surface area contributed by atoms with Gasteiger partial charge in [0.1, 0.15) is 0 Å². The number of hydrogen-bond acceptors (Lipinski definition) is 6. The Hall–Kier alpha value is -1.42. The van der Waals surface area contributed by atoms with Gasteiger partial charge in [0.25, 0.3) is 0 Å². The second kappa shape index (κ2) is 13.3. The van der Waals surface area contributed by atoms with Crippen LogP contribution in [-0.2, 0) is 19.2 Å². The molecule has 0 saturated carbocycles. The zero-order valence-corrected chi connectivity index (χ0v) is 13.9. The Balaban J connectivity index is 3.33. The van der Waals surface area contributed by atoms with Crippen molar-refractivity contribution in [1.82, 2.24) is 10.6 Å². The summed E-state index contributed by atoms with van der Waals surface area (Å²) in [7, 11) is 3.15. The van der Waals surface area contributed by atoms with Crippen molar-refractivity contribution < 1.29 is 19.2 Å². The average molecular weight is 350 g/mol. The average Bonchev–Trinajstić information content (AvgIpc) is 2.45. The van der Waals surface area contributed by atoms with E-state index in [1.54, 1.807) is 21.6 Å². The molecule has 0 aromatic carbocycles. The first kappa shape index (κ1) is 20.6. The molecule has 6 N–H and O–H groups in total. The van der Waals surface area contributed by atoms with E-state index >= 15 is 0 Å². The fraction of sp³-hybridized carbons (Fsp3) is 0.667. The Morgan fingerprint density at radius 3 is 1.36 bits per heavy atom. The van der Waals surface area contributed by atoms with E-state index in [9.17, 15) is 19.2 Å². The maximum atomic E-state index is 11.3. The molecule has 0 unspecified atom stereocenters. The van der Waals surface area contributed by atoms with Crippen molar-refractivity contribution in [2.24, 2.45) is 11.5 Å². The first-order chi connectivity index (χ1) is 10.4. The lowest BCUT2D eigenvalue weighted by Crippen LogP contribution is -2.27. The molecule has 0 aliphatic rings. The summed E-state index contributed by atoms with van der Waals surface area (Å²) in [5.74, 6) is 0.0960. The van der Waals surface area contributed by atoms with E-state index in [4.69, 9.17) is 11.5 Å². The minimum Gasteiger partial charge on any atom is -0.370 e. The summed E-state index contributed by atoms with van der Waals surface area (Å²) in [5.41, 5.74) is 9.88. The van der Waals surface area contributed by atoms with Gasteiger partial charge in [0.15, 0.2) is 0 Å². The van der Waals surface area contributed by atoms with Gasteiger partial charge in [-0.25, -0.2) is 0 Å². The third-order valence-electron chi connectivity index (χ3n) is 2.30. The molecule has 10 heteroatoms. The SMILES string of the molecule is NC(=O)CCC(=O)NCCSSCCNC(=O)CCC(N)=O. The first-order valence-corrected chi connectivity index (χ1v) is 9.25. The summed E-state index contributed by atoms with van der Waals surface area (Å²) in [6.45, 7) is 1.03. The lowest BCUT2D eigenvalue weighted by Gasteiger charge is -2.05. The van der Waals surface area contributed by atoms with Crippen LogP contribution in [0.4, 0.5) is 0 Å². The molecule has 0 aliphatic carbocycles. The van der Waals surface area contributed by atoms with Crippen LogP contribution in [-0.4, -0.2) is 48.2 Å². The van der Waals surface area contributed by atoms with Gasteiger partial charge in [-0.1, -0.05) is 21.6 Å². The minimum atomic E-state index is -0.488. The van der Waals surface area contributed by atoms with Gasteiger partial charge in [-0.2, -0.15) is 0 Å². The van der Waals surface area contributed by atoms with Crippen molar-refractivity contribution in [2.45, 2.75) is 25.7 Å². The largest absolute Gasteiger partial charge is 0.370 e. The molecule has 22 heavy (non-hydrogen) atoms. The Kier molecular flexibility index (Phi) is 12.4. The lowest BCUT2D eigenvalue weighted by atomic mass is 10.3. The highest BCUT2D eigenvalue weighted by Crippen LogP contribution is 2.19. The molecule has 0 rings (SSSR count). The number of carbonyl (C=O) groups is 4. The fourth-order valence-electron chi connectivity index (χ4n) is 1.23. The van der Waals surface area contributed by atoms with Gasteiger partial charge in [-0.05, 0) is 0 Å². The van der Waals surface area contributed by atoms with Crippen molar-refractivity contribution in [1.29, 1.82) is 0 Å². The number of primary amides is 2. The summed E-state index contributed by atoms with van der Waals surface area (Å²) in [5, 5.41) is 5.36. The maximum absolute atomic E-state index is 11.3. The zero-order chi connectivity index (χ0) is 16.8. The van der Waals surface area contributed by atoms with E-state index in [-0.39, 0.29) is 37.5 Å². The molecule has 0 heterocycles. The summed E-state index contributed by atoms with van der Waals surface area (Å²) < 4.78 is 0. The standard InChI is InChI=1S/C12H22N4O4S2/c13-9(17)1-3-11(19)15-5-7-21-22-8-6-16-12(20)4-2-10(14)18/h1-8H2,(H2,13,17)(H2,14,18)(H,15,19)(H,16,20). The number of nitrogens with one attached hydrogen (secondary N) is 2. The van der Waals surface area contributed by atoms with Gasteiger partial charge in [-0.3, -0.25) is 19.2 Å². The van der Waals surface area contributed by atoms with Gasteiger partial charge in [0, 0.05) is 50.3 Å². The Labute approximate surface area is 137 Å². The molecule has 126 valence electrons. The molecular formula is C12H22N4O4S2. The summed E-state index contributed by atoms with van der Waals surface area (Å²) in [6, 6.07) is 0. The predicted octanol–water partition coefficient (Wildman–Crippen LogP) is -0.869. The van der Waals surface area contributed by atoms with E-state index in [0.717, 1.165) is 11.5 Å². The topological polar surface area (TPSA) is 144 Å². The molecule has 0 saturated heterocycles. The molecule has 0 atom stereocenters. The normalized spacial score (nSPS) is 10.0. The molecule has 0 aromatic rings. The number of hydrogen-bond donors (Lipinski definition) is 4. The smallest absolute Gasteiger partial charge is 0.220 e. The molecule has 4 amide bonds. The van der Waals surface area contributed by atoms with Crippen LogP contribution >= 0.6 is 21.6 Å². The first-order valence-electron chi connectivity index (χ1n) is 6.76. The monoisotopic (exact) mass is 350 g/mol. The predicted molar refractivity (Wildman–Crippen MR) is 87.8 cm³/mol. The Morgan fingerprint density at radius 2 is 1.05 bits per heavy atom. The van der Waals surface area contributed by atoms with E-state index in [1.807, 2.05) is 0 Å². The van der Waals surface area contributed by atoms with Crippen LogP contribution in [0.5, 0.6) is 0 Å².